The SMILES string of the molecule is CCC(C(=O)NC)[N+]1(CC)CCCC1.[Y]. The molecule has 1 N–H and O–H groups in total. The summed E-state index contributed by atoms with van der Waals surface area (Å²) in [6.07, 6.45) is 3.51. The van der Waals surface area contributed by atoms with Crippen LogP contribution in [-0.4, -0.2) is 43.1 Å². The van der Waals surface area contributed by atoms with Gasteiger partial charge in [-0.1, -0.05) is 6.92 Å². The molecule has 0 aromatic heterocycles. The van der Waals surface area contributed by atoms with Gasteiger partial charge in [-0.2, -0.15) is 0 Å². The number of rotatable bonds is 4. The number of likely N-dealkylation sites (tertiary alicyclic amines) is 1. The van der Waals surface area contributed by atoms with Gasteiger partial charge in [-0.25, -0.2) is 0 Å². The van der Waals surface area contributed by atoms with E-state index in [1.165, 1.54) is 25.9 Å². The third-order valence-electron chi connectivity index (χ3n) is 3.68. The van der Waals surface area contributed by atoms with Crippen molar-refractivity contribution in [1.29, 1.82) is 0 Å². The molecule has 0 saturated carbocycles. The average Bonchev–Trinajstić information content (AvgIpc) is 2.68. The van der Waals surface area contributed by atoms with Crippen LogP contribution in [0.15, 0.2) is 0 Å². The van der Waals surface area contributed by atoms with Gasteiger partial charge in [-0.3, -0.25) is 4.79 Å². The van der Waals surface area contributed by atoms with E-state index in [0.29, 0.717) is 0 Å². The number of nitrogens with one attached hydrogen (secondary N) is 1. The van der Waals surface area contributed by atoms with Crippen molar-refractivity contribution in [3.8, 4) is 0 Å². The number of likely N-dealkylation sites (N-methyl/N-ethyl adjacent to an activating group) is 2. The molecule has 1 radical (unpaired) electrons. The van der Waals surface area contributed by atoms with Crippen molar-refractivity contribution in [1.82, 2.24) is 5.32 Å². The van der Waals surface area contributed by atoms with Crippen LogP contribution in [0.3, 0.4) is 0 Å². The Morgan fingerprint density at radius 3 is 2.20 bits per heavy atom. The fraction of sp³-hybridized carbons (Fsp3) is 0.909. The summed E-state index contributed by atoms with van der Waals surface area (Å²) in [7, 11) is 1.74. The summed E-state index contributed by atoms with van der Waals surface area (Å²) in [5, 5.41) is 2.80. The van der Waals surface area contributed by atoms with E-state index < -0.39 is 0 Å². The van der Waals surface area contributed by atoms with Gasteiger partial charge in [0.1, 0.15) is 0 Å². The maximum Gasteiger partial charge on any atom is 0.278 e. The molecule has 1 fully saturated rings. The molecule has 1 heterocycles. The summed E-state index contributed by atoms with van der Waals surface area (Å²) >= 11 is 0. The third kappa shape index (κ3) is 3.24. The first-order chi connectivity index (χ1) is 6.70. The first kappa shape index (κ1) is 15.5. The molecule has 1 aliphatic rings. The Kier molecular flexibility index (Phi) is 7.23. The van der Waals surface area contributed by atoms with Crippen LogP contribution >= 0.6 is 0 Å². The number of carbonyl (C=O) groups excluding carboxylic acids is 1. The van der Waals surface area contributed by atoms with Crippen molar-refractivity contribution in [2.75, 3.05) is 26.7 Å². The Labute approximate surface area is 118 Å². The summed E-state index contributed by atoms with van der Waals surface area (Å²) in [5.74, 6) is 0.219. The van der Waals surface area contributed by atoms with Gasteiger partial charge in [0.2, 0.25) is 0 Å². The van der Waals surface area contributed by atoms with E-state index in [0.717, 1.165) is 17.4 Å². The zero-order valence-corrected chi connectivity index (χ0v) is 13.1. The van der Waals surface area contributed by atoms with E-state index in [1.54, 1.807) is 7.05 Å². The van der Waals surface area contributed by atoms with Crippen molar-refractivity contribution in [3.05, 3.63) is 0 Å². The summed E-state index contributed by atoms with van der Waals surface area (Å²) in [6, 6.07) is 0.174. The molecular formula is C11H23N2OY+. The summed E-state index contributed by atoms with van der Waals surface area (Å²) < 4.78 is 1.01. The molecule has 1 saturated heterocycles. The first-order valence-electron chi connectivity index (χ1n) is 5.77. The zero-order valence-electron chi connectivity index (χ0n) is 10.3. The zero-order chi connectivity index (χ0) is 10.6. The van der Waals surface area contributed by atoms with E-state index >= 15 is 0 Å². The topological polar surface area (TPSA) is 29.1 Å². The molecule has 85 valence electrons. The van der Waals surface area contributed by atoms with Crippen molar-refractivity contribution < 1.29 is 42.0 Å². The summed E-state index contributed by atoms with van der Waals surface area (Å²) in [5.41, 5.74) is 0. The molecule has 0 aliphatic carbocycles. The summed E-state index contributed by atoms with van der Waals surface area (Å²) in [4.78, 5) is 11.8. The number of amides is 1. The second-order valence-corrected chi connectivity index (χ2v) is 4.23. The Morgan fingerprint density at radius 2 is 1.87 bits per heavy atom. The number of hydrogen-bond donors (Lipinski definition) is 1. The van der Waals surface area contributed by atoms with Gasteiger partial charge in [0, 0.05) is 59.0 Å². The fourth-order valence-electron chi connectivity index (χ4n) is 2.80. The molecule has 15 heavy (non-hydrogen) atoms. The minimum absolute atomic E-state index is 0. The predicted octanol–water partition coefficient (Wildman–Crippen LogP) is 1.14. The maximum atomic E-state index is 11.8. The van der Waals surface area contributed by atoms with Crippen LogP contribution in [0.1, 0.15) is 33.1 Å². The molecule has 0 bridgehead atoms. The van der Waals surface area contributed by atoms with E-state index in [1.807, 2.05) is 0 Å². The van der Waals surface area contributed by atoms with Gasteiger partial charge in [0.15, 0.2) is 6.04 Å². The molecule has 4 heteroatoms. The monoisotopic (exact) mass is 288 g/mol. The van der Waals surface area contributed by atoms with Crippen molar-refractivity contribution in [2.45, 2.75) is 39.2 Å². The largest absolute Gasteiger partial charge is 0.354 e. The van der Waals surface area contributed by atoms with Crippen LogP contribution in [0.2, 0.25) is 0 Å². The molecule has 1 rings (SSSR count). The van der Waals surface area contributed by atoms with Gasteiger partial charge in [0.05, 0.1) is 19.6 Å². The standard InChI is InChI=1S/C11H22N2O.Y/c1-4-10(11(14)12-3)13(5-2)8-6-7-9-13;/h10H,4-9H2,1-3H3;/p+1. The van der Waals surface area contributed by atoms with E-state index in [-0.39, 0.29) is 44.7 Å². The molecule has 0 aromatic rings. The quantitative estimate of drug-likeness (QED) is 0.772. The second-order valence-electron chi connectivity index (χ2n) is 4.23. The Balaban J connectivity index is 0.00000196. The van der Waals surface area contributed by atoms with E-state index in [4.69, 9.17) is 0 Å². The van der Waals surface area contributed by atoms with Gasteiger partial charge < -0.3 is 9.80 Å². The molecule has 1 unspecified atom stereocenters. The maximum absolute atomic E-state index is 11.8. The number of nitrogens with zero attached hydrogens (tertiary/aromatic N) is 1. The third-order valence-corrected chi connectivity index (χ3v) is 3.68. The summed E-state index contributed by atoms with van der Waals surface area (Å²) in [6.45, 7) is 7.78. The van der Waals surface area contributed by atoms with Crippen LogP contribution in [0.5, 0.6) is 0 Å². The molecule has 1 atom stereocenters. The number of hydrogen-bond acceptors (Lipinski definition) is 1. The van der Waals surface area contributed by atoms with Gasteiger partial charge in [-0.05, 0) is 6.92 Å². The van der Waals surface area contributed by atoms with E-state index in [2.05, 4.69) is 19.2 Å². The fourth-order valence-corrected chi connectivity index (χ4v) is 2.80. The first-order valence-corrected chi connectivity index (χ1v) is 5.77. The van der Waals surface area contributed by atoms with Crippen LogP contribution in [-0.2, 0) is 37.5 Å². The van der Waals surface area contributed by atoms with Gasteiger partial charge in [0.25, 0.3) is 5.91 Å². The van der Waals surface area contributed by atoms with Gasteiger partial charge >= 0.3 is 0 Å². The minimum atomic E-state index is 0. The van der Waals surface area contributed by atoms with Gasteiger partial charge in [-0.15, -0.1) is 0 Å². The number of quaternary nitrogens is 1. The Morgan fingerprint density at radius 1 is 1.33 bits per heavy atom. The van der Waals surface area contributed by atoms with Crippen LogP contribution < -0.4 is 5.32 Å². The molecule has 3 nitrogen and oxygen atoms in total. The Bertz CT molecular complexity index is 203. The average molecular weight is 288 g/mol. The van der Waals surface area contributed by atoms with Crippen molar-refractivity contribution >= 4 is 5.91 Å². The molecule has 0 spiro atoms. The second kappa shape index (κ2) is 6.98. The molecule has 0 aromatic carbocycles. The minimum Gasteiger partial charge on any atom is -0.354 e. The number of carbonyl (C=O) groups is 1. The van der Waals surface area contributed by atoms with Crippen molar-refractivity contribution in [3.63, 3.8) is 0 Å². The van der Waals surface area contributed by atoms with Crippen LogP contribution in [0.4, 0.5) is 0 Å². The Hall–Kier alpha value is 0.534. The predicted molar refractivity (Wildman–Crippen MR) is 57.9 cm³/mol. The molecule has 1 amide bonds. The normalized spacial score (nSPS) is 20.5. The molecule has 1 aliphatic heterocycles. The van der Waals surface area contributed by atoms with Crippen LogP contribution in [0, 0.1) is 0 Å². The smallest absolute Gasteiger partial charge is 0.278 e. The molecular weight excluding hydrogens is 265 g/mol. The van der Waals surface area contributed by atoms with Crippen molar-refractivity contribution in [2.24, 2.45) is 0 Å². The van der Waals surface area contributed by atoms with E-state index in [9.17, 15) is 4.79 Å². The van der Waals surface area contributed by atoms with Crippen LogP contribution in [0.25, 0.3) is 0 Å².